The van der Waals surface area contributed by atoms with Gasteiger partial charge >= 0.3 is 5.97 Å². The number of halogens is 1. The highest BCUT2D eigenvalue weighted by atomic mass is 127. The van der Waals surface area contributed by atoms with Crippen molar-refractivity contribution >= 4 is 28.6 Å². The lowest BCUT2D eigenvalue weighted by Gasteiger charge is -2.38. The van der Waals surface area contributed by atoms with Crippen LogP contribution in [-0.2, 0) is 9.53 Å². The number of carboxylic acid groups (broad SMARTS) is 1. The average Bonchev–Trinajstić information content (AvgIpc) is 2.26. The molecular formula is C12H21IO3. The van der Waals surface area contributed by atoms with Crippen molar-refractivity contribution in [1.82, 2.24) is 0 Å². The van der Waals surface area contributed by atoms with Crippen LogP contribution in [0.4, 0.5) is 0 Å². The molecule has 4 heteroatoms. The third kappa shape index (κ3) is 3.09. The van der Waals surface area contributed by atoms with Crippen molar-refractivity contribution in [2.75, 3.05) is 6.61 Å². The van der Waals surface area contributed by atoms with Crippen LogP contribution in [0.25, 0.3) is 0 Å². The number of rotatable bonds is 5. The minimum Gasteiger partial charge on any atom is -0.481 e. The van der Waals surface area contributed by atoms with E-state index < -0.39 is 11.4 Å². The quantitative estimate of drug-likeness (QED) is 0.617. The van der Waals surface area contributed by atoms with Crippen LogP contribution >= 0.6 is 22.6 Å². The molecule has 0 aromatic rings. The summed E-state index contributed by atoms with van der Waals surface area (Å²) in [5, 5.41) is 9.38. The van der Waals surface area contributed by atoms with E-state index in [4.69, 9.17) is 4.74 Å². The lowest BCUT2D eigenvalue weighted by Crippen LogP contribution is -2.42. The van der Waals surface area contributed by atoms with Crippen molar-refractivity contribution < 1.29 is 14.6 Å². The predicted octanol–water partition coefficient (Wildman–Crippen LogP) is 3.25. The third-order valence-corrected chi connectivity index (χ3v) is 4.76. The molecule has 0 heterocycles. The lowest BCUT2D eigenvalue weighted by atomic mass is 9.71. The Labute approximate surface area is 111 Å². The highest BCUT2D eigenvalue weighted by Crippen LogP contribution is 2.43. The number of carboxylic acids is 1. The van der Waals surface area contributed by atoms with Crippen LogP contribution < -0.4 is 0 Å². The van der Waals surface area contributed by atoms with E-state index in [2.05, 4.69) is 29.5 Å². The Hall–Kier alpha value is 0.160. The number of carbonyl (C=O) groups is 1. The van der Waals surface area contributed by atoms with Crippen LogP contribution in [0, 0.1) is 5.41 Å². The van der Waals surface area contributed by atoms with Crippen LogP contribution in [0.1, 0.15) is 46.0 Å². The fourth-order valence-corrected chi connectivity index (χ4v) is 3.23. The number of ether oxygens (including phenoxy) is 1. The Morgan fingerprint density at radius 2 is 2.12 bits per heavy atom. The first kappa shape index (κ1) is 14.2. The molecule has 1 rings (SSSR count). The molecule has 0 bridgehead atoms. The Morgan fingerprint density at radius 3 is 2.50 bits per heavy atom. The molecule has 0 amide bonds. The molecule has 0 spiro atoms. The molecule has 1 atom stereocenters. The average molecular weight is 340 g/mol. The van der Waals surface area contributed by atoms with E-state index in [1.165, 1.54) is 0 Å². The zero-order valence-electron chi connectivity index (χ0n) is 10.0. The van der Waals surface area contributed by atoms with Crippen molar-refractivity contribution in [3.05, 3.63) is 0 Å². The molecule has 0 aromatic carbocycles. The Morgan fingerprint density at radius 1 is 1.56 bits per heavy atom. The van der Waals surface area contributed by atoms with E-state index >= 15 is 0 Å². The monoisotopic (exact) mass is 340 g/mol. The summed E-state index contributed by atoms with van der Waals surface area (Å²) < 4.78 is 5.87. The molecule has 1 aliphatic rings. The number of alkyl halides is 1. The van der Waals surface area contributed by atoms with E-state index in [-0.39, 0.29) is 10.0 Å². The first-order valence-corrected chi connectivity index (χ1v) is 7.26. The van der Waals surface area contributed by atoms with E-state index in [0.29, 0.717) is 0 Å². The molecule has 0 aromatic heterocycles. The van der Waals surface area contributed by atoms with E-state index in [9.17, 15) is 9.90 Å². The highest BCUT2D eigenvalue weighted by Gasteiger charge is 2.45. The summed E-state index contributed by atoms with van der Waals surface area (Å²) in [6.07, 6.45) is 4.59. The Balaban J connectivity index is 2.53. The summed E-state index contributed by atoms with van der Waals surface area (Å²) in [5.74, 6) is -0.636. The van der Waals surface area contributed by atoms with Gasteiger partial charge in [0.1, 0.15) is 0 Å². The fraction of sp³-hybridized carbons (Fsp3) is 0.917. The number of aliphatic carboxylic acids is 1. The van der Waals surface area contributed by atoms with Gasteiger partial charge in [-0.05, 0) is 32.1 Å². The van der Waals surface area contributed by atoms with Gasteiger partial charge in [0.2, 0.25) is 0 Å². The van der Waals surface area contributed by atoms with Gasteiger partial charge in [0.15, 0.2) is 0 Å². The molecule has 1 N–H and O–H groups in total. The summed E-state index contributed by atoms with van der Waals surface area (Å²) >= 11 is 2.24. The standard InChI is InChI=1S/C12H21IO3/c1-3-8-16-10-4-6-12(7-5-10,9(2)13)11(14)15/h9-10H,3-8H2,1-2H3,(H,14,15). The maximum absolute atomic E-state index is 11.4. The SMILES string of the molecule is CCCOC1CCC(C(=O)O)(C(C)I)CC1. The number of hydrogen-bond acceptors (Lipinski definition) is 2. The van der Waals surface area contributed by atoms with Crippen LogP contribution in [-0.4, -0.2) is 27.7 Å². The summed E-state index contributed by atoms with van der Waals surface area (Å²) in [5.41, 5.74) is -0.521. The second kappa shape index (κ2) is 6.19. The van der Waals surface area contributed by atoms with Gasteiger partial charge in [0, 0.05) is 10.5 Å². The molecule has 3 nitrogen and oxygen atoms in total. The summed E-state index contributed by atoms with van der Waals surface area (Å²) in [7, 11) is 0. The van der Waals surface area contributed by atoms with Crippen molar-refractivity contribution in [1.29, 1.82) is 0 Å². The van der Waals surface area contributed by atoms with Gasteiger partial charge in [-0.15, -0.1) is 0 Å². The predicted molar refractivity (Wildman–Crippen MR) is 72.0 cm³/mol. The van der Waals surface area contributed by atoms with Crippen molar-refractivity contribution in [3.8, 4) is 0 Å². The molecule has 1 fully saturated rings. The van der Waals surface area contributed by atoms with E-state index in [1.54, 1.807) is 0 Å². The highest BCUT2D eigenvalue weighted by molar-refractivity contribution is 14.1. The molecule has 1 aliphatic carbocycles. The maximum Gasteiger partial charge on any atom is 0.310 e. The molecule has 0 aliphatic heterocycles. The largest absolute Gasteiger partial charge is 0.481 e. The first-order chi connectivity index (χ1) is 7.53. The maximum atomic E-state index is 11.4. The number of hydrogen-bond donors (Lipinski definition) is 1. The van der Waals surface area contributed by atoms with E-state index in [1.807, 2.05) is 6.92 Å². The first-order valence-electron chi connectivity index (χ1n) is 6.02. The normalized spacial score (nSPS) is 32.3. The van der Waals surface area contributed by atoms with Gasteiger partial charge < -0.3 is 9.84 Å². The van der Waals surface area contributed by atoms with Gasteiger partial charge in [-0.3, -0.25) is 4.79 Å². The minimum absolute atomic E-state index is 0.176. The zero-order valence-corrected chi connectivity index (χ0v) is 12.2. The topological polar surface area (TPSA) is 46.5 Å². The Bertz CT molecular complexity index is 232. The second-order valence-corrected chi connectivity index (χ2v) is 6.52. The van der Waals surface area contributed by atoms with Gasteiger partial charge in [0.25, 0.3) is 0 Å². The van der Waals surface area contributed by atoms with Crippen LogP contribution in [0.2, 0.25) is 0 Å². The lowest BCUT2D eigenvalue weighted by molar-refractivity contribution is -0.152. The third-order valence-electron chi connectivity index (χ3n) is 3.57. The molecule has 94 valence electrons. The zero-order chi connectivity index (χ0) is 12.2. The van der Waals surface area contributed by atoms with Crippen LogP contribution in [0.15, 0.2) is 0 Å². The van der Waals surface area contributed by atoms with Gasteiger partial charge in [0.05, 0.1) is 11.5 Å². The molecule has 0 radical (unpaired) electrons. The molecule has 1 saturated carbocycles. The Kier molecular flexibility index (Phi) is 5.50. The van der Waals surface area contributed by atoms with Gasteiger partial charge in [-0.25, -0.2) is 0 Å². The summed E-state index contributed by atoms with van der Waals surface area (Å²) in [6.45, 7) is 4.89. The molecule has 16 heavy (non-hydrogen) atoms. The van der Waals surface area contributed by atoms with Gasteiger partial charge in [-0.2, -0.15) is 0 Å². The van der Waals surface area contributed by atoms with Gasteiger partial charge in [-0.1, -0.05) is 36.4 Å². The van der Waals surface area contributed by atoms with Crippen molar-refractivity contribution in [3.63, 3.8) is 0 Å². The van der Waals surface area contributed by atoms with Crippen LogP contribution in [0.3, 0.4) is 0 Å². The summed E-state index contributed by atoms with van der Waals surface area (Å²) in [6, 6.07) is 0. The van der Waals surface area contributed by atoms with Crippen molar-refractivity contribution in [2.45, 2.75) is 56.0 Å². The smallest absolute Gasteiger partial charge is 0.310 e. The fourth-order valence-electron chi connectivity index (χ4n) is 2.34. The molecular weight excluding hydrogens is 319 g/mol. The van der Waals surface area contributed by atoms with Crippen molar-refractivity contribution in [2.24, 2.45) is 5.41 Å². The molecule has 1 unspecified atom stereocenters. The second-order valence-electron chi connectivity index (χ2n) is 4.65. The minimum atomic E-state index is -0.636. The summed E-state index contributed by atoms with van der Waals surface area (Å²) in [4.78, 5) is 11.4. The van der Waals surface area contributed by atoms with E-state index in [0.717, 1.165) is 38.7 Å². The molecule has 0 saturated heterocycles. The van der Waals surface area contributed by atoms with Crippen LogP contribution in [0.5, 0.6) is 0 Å².